The number of halogens is 1. The van der Waals surface area contributed by atoms with E-state index < -0.39 is 0 Å². The van der Waals surface area contributed by atoms with Gasteiger partial charge in [0, 0.05) is 44.6 Å². The van der Waals surface area contributed by atoms with Crippen LogP contribution in [0.1, 0.15) is 17.2 Å². The van der Waals surface area contributed by atoms with E-state index >= 15 is 0 Å². The Labute approximate surface area is 151 Å². The van der Waals surface area contributed by atoms with Crippen LogP contribution in [-0.4, -0.2) is 43.7 Å². The number of nitrogens with one attached hydrogen (secondary N) is 1. The summed E-state index contributed by atoms with van der Waals surface area (Å²) < 4.78 is 11.8. The van der Waals surface area contributed by atoms with E-state index in [-0.39, 0.29) is 0 Å². The Morgan fingerprint density at radius 1 is 1.29 bits per heavy atom. The van der Waals surface area contributed by atoms with Crippen molar-refractivity contribution in [1.29, 1.82) is 0 Å². The summed E-state index contributed by atoms with van der Waals surface area (Å²) in [5.74, 6) is 1.47. The smallest absolute Gasteiger partial charge is 0.175 e. The first-order valence-corrected chi connectivity index (χ1v) is 8.78. The number of rotatable bonds is 5. The number of ether oxygens (including phenoxy) is 2. The van der Waals surface area contributed by atoms with Gasteiger partial charge in [-0.05, 0) is 39.2 Å². The van der Waals surface area contributed by atoms with Crippen molar-refractivity contribution in [3.05, 3.63) is 52.3 Å². The van der Waals surface area contributed by atoms with Crippen molar-refractivity contribution in [2.45, 2.75) is 12.6 Å². The molecular formula is C18H22BrN3O2. The Bertz CT molecular complexity index is 681. The maximum atomic E-state index is 5.50. The van der Waals surface area contributed by atoms with Crippen LogP contribution >= 0.6 is 15.9 Å². The zero-order chi connectivity index (χ0) is 16.9. The highest BCUT2D eigenvalue weighted by molar-refractivity contribution is 9.10. The van der Waals surface area contributed by atoms with Gasteiger partial charge in [0.1, 0.15) is 0 Å². The second-order valence-electron chi connectivity index (χ2n) is 5.75. The van der Waals surface area contributed by atoms with E-state index in [1.807, 2.05) is 24.5 Å². The van der Waals surface area contributed by atoms with E-state index in [1.54, 1.807) is 14.2 Å². The Balaban J connectivity index is 1.86. The van der Waals surface area contributed by atoms with Crippen LogP contribution in [0.5, 0.6) is 11.5 Å². The Morgan fingerprint density at radius 3 is 2.88 bits per heavy atom. The fourth-order valence-electron chi connectivity index (χ4n) is 3.11. The minimum absolute atomic E-state index is 0.312. The third-order valence-corrected chi connectivity index (χ3v) is 5.23. The van der Waals surface area contributed by atoms with Crippen molar-refractivity contribution in [3.8, 4) is 11.5 Å². The lowest BCUT2D eigenvalue weighted by molar-refractivity contribution is 0.153. The van der Waals surface area contributed by atoms with Gasteiger partial charge < -0.3 is 14.8 Å². The van der Waals surface area contributed by atoms with E-state index in [4.69, 9.17) is 9.47 Å². The zero-order valence-electron chi connectivity index (χ0n) is 14.0. The van der Waals surface area contributed by atoms with E-state index in [2.05, 4.69) is 43.3 Å². The van der Waals surface area contributed by atoms with Crippen molar-refractivity contribution in [2.75, 3.05) is 33.9 Å². The zero-order valence-corrected chi connectivity index (χ0v) is 15.5. The minimum atomic E-state index is 0.312. The van der Waals surface area contributed by atoms with Crippen molar-refractivity contribution in [3.63, 3.8) is 0 Å². The lowest BCUT2D eigenvalue weighted by Gasteiger charge is -2.36. The predicted molar refractivity (Wildman–Crippen MR) is 97.5 cm³/mol. The number of pyridine rings is 1. The van der Waals surface area contributed by atoms with Crippen molar-refractivity contribution < 1.29 is 9.47 Å². The quantitative estimate of drug-likeness (QED) is 0.848. The molecule has 0 bridgehead atoms. The summed E-state index contributed by atoms with van der Waals surface area (Å²) >= 11 is 3.68. The standard InChI is InChI=1S/C18H22BrN3O2/c1-23-16-6-5-14(17(19)18(16)24-2)12-22-9-8-21-11-15(22)13-4-3-7-20-10-13/h3-7,10,15,21H,8-9,11-12H2,1-2H3. The largest absolute Gasteiger partial charge is 0.493 e. The highest BCUT2D eigenvalue weighted by Crippen LogP contribution is 2.38. The Hall–Kier alpha value is -1.63. The molecule has 1 N–H and O–H groups in total. The molecular weight excluding hydrogens is 370 g/mol. The molecule has 128 valence electrons. The van der Waals surface area contributed by atoms with E-state index in [0.29, 0.717) is 6.04 Å². The summed E-state index contributed by atoms with van der Waals surface area (Å²) in [6.45, 7) is 3.74. The summed E-state index contributed by atoms with van der Waals surface area (Å²) in [4.78, 5) is 6.74. The van der Waals surface area contributed by atoms with Crippen molar-refractivity contribution in [1.82, 2.24) is 15.2 Å². The van der Waals surface area contributed by atoms with Crippen LogP contribution in [0.15, 0.2) is 41.1 Å². The maximum absolute atomic E-state index is 5.50. The molecule has 1 saturated heterocycles. The van der Waals surface area contributed by atoms with E-state index in [1.165, 1.54) is 11.1 Å². The molecule has 1 atom stereocenters. The monoisotopic (exact) mass is 391 g/mol. The predicted octanol–water partition coefficient (Wildman–Crippen LogP) is 3.01. The minimum Gasteiger partial charge on any atom is -0.493 e. The molecule has 6 heteroatoms. The summed E-state index contributed by atoms with van der Waals surface area (Å²) in [5, 5.41) is 3.48. The van der Waals surface area contributed by atoms with Gasteiger partial charge in [0.15, 0.2) is 11.5 Å². The molecule has 0 radical (unpaired) electrons. The summed E-state index contributed by atoms with van der Waals surface area (Å²) in [7, 11) is 3.31. The van der Waals surface area contributed by atoms with Crippen LogP contribution in [0.2, 0.25) is 0 Å². The molecule has 2 aromatic rings. The maximum Gasteiger partial charge on any atom is 0.175 e. The van der Waals surface area contributed by atoms with Crippen LogP contribution in [0.3, 0.4) is 0 Å². The Kier molecular flexibility index (Phi) is 5.71. The second kappa shape index (κ2) is 7.96. The molecule has 0 aliphatic carbocycles. The molecule has 24 heavy (non-hydrogen) atoms. The number of hydrogen-bond donors (Lipinski definition) is 1. The average Bonchev–Trinajstić information content (AvgIpc) is 2.64. The van der Waals surface area contributed by atoms with Gasteiger partial charge in [-0.2, -0.15) is 0 Å². The van der Waals surface area contributed by atoms with Gasteiger partial charge in [-0.25, -0.2) is 0 Å². The van der Waals surface area contributed by atoms with Gasteiger partial charge in [0.25, 0.3) is 0 Å². The lowest BCUT2D eigenvalue weighted by Crippen LogP contribution is -2.45. The second-order valence-corrected chi connectivity index (χ2v) is 6.54. The molecule has 1 aliphatic heterocycles. The number of benzene rings is 1. The third kappa shape index (κ3) is 3.55. The van der Waals surface area contributed by atoms with Crippen LogP contribution in [0.25, 0.3) is 0 Å². The van der Waals surface area contributed by atoms with Gasteiger partial charge in [-0.15, -0.1) is 0 Å². The molecule has 1 unspecified atom stereocenters. The molecule has 2 heterocycles. The van der Waals surface area contributed by atoms with Gasteiger partial charge >= 0.3 is 0 Å². The topological polar surface area (TPSA) is 46.6 Å². The van der Waals surface area contributed by atoms with Gasteiger partial charge in [0.05, 0.1) is 18.7 Å². The molecule has 5 nitrogen and oxygen atoms in total. The first kappa shape index (κ1) is 17.2. The lowest BCUT2D eigenvalue weighted by atomic mass is 10.0. The van der Waals surface area contributed by atoms with Crippen molar-refractivity contribution >= 4 is 15.9 Å². The number of piperazine rings is 1. The normalized spacial score (nSPS) is 18.4. The summed E-state index contributed by atoms with van der Waals surface area (Å²) in [6, 6.07) is 8.50. The van der Waals surface area contributed by atoms with E-state index in [9.17, 15) is 0 Å². The van der Waals surface area contributed by atoms with Gasteiger partial charge in [-0.1, -0.05) is 12.1 Å². The third-order valence-electron chi connectivity index (χ3n) is 4.36. The molecule has 1 aromatic carbocycles. The number of nitrogens with zero attached hydrogens (tertiary/aromatic N) is 2. The molecule has 0 amide bonds. The number of methoxy groups -OCH3 is 2. The first-order chi connectivity index (χ1) is 11.7. The molecule has 0 spiro atoms. The summed E-state index contributed by atoms with van der Waals surface area (Å²) in [5.41, 5.74) is 2.42. The van der Waals surface area contributed by atoms with Crippen LogP contribution in [-0.2, 0) is 6.54 Å². The van der Waals surface area contributed by atoms with Crippen molar-refractivity contribution in [2.24, 2.45) is 0 Å². The first-order valence-electron chi connectivity index (χ1n) is 7.98. The number of hydrogen-bond acceptors (Lipinski definition) is 5. The van der Waals surface area contributed by atoms with E-state index in [0.717, 1.165) is 42.2 Å². The molecule has 1 fully saturated rings. The fraction of sp³-hybridized carbons (Fsp3) is 0.389. The fourth-order valence-corrected chi connectivity index (χ4v) is 3.72. The van der Waals surface area contributed by atoms with Gasteiger partial charge in [0.2, 0.25) is 0 Å². The van der Waals surface area contributed by atoms with Crippen LogP contribution in [0, 0.1) is 0 Å². The van der Waals surface area contributed by atoms with Crippen LogP contribution in [0.4, 0.5) is 0 Å². The Morgan fingerprint density at radius 2 is 2.17 bits per heavy atom. The molecule has 1 aliphatic rings. The van der Waals surface area contributed by atoms with Crippen LogP contribution < -0.4 is 14.8 Å². The average molecular weight is 392 g/mol. The highest BCUT2D eigenvalue weighted by atomic mass is 79.9. The van der Waals surface area contributed by atoms with Gasteiger partial charge in [-0.3, -0.25) is 9.88 Å². The highest BCUT2D eigenvalue weighted by Gasteiger charge is 2.25. The number of aromatic nitrogens is 1. The SMILES string of the molecule is COc1ccc(CN2CCNCC2c2cccnc2)c(Br)c1OC. The summed E-state index contributed by atoms with van der Waals surface area (Å²) in [6.07, 6.45) is 3.77. The molecule has 0 saturated carbocycles. The molecule has 3 rings (SSSR count). The molecule has 1 aromatic heterocycles.